The van der Waals surface area contributed by atoms with Gasteiger partial charge >= 0.3 is 0 Å². The van der Waals surface area contributed by atoms with Crippen LogP contribution in [-0.4, -0.2) is 38.4 Å². The minimum absolute atomic E-state index is 0.130. The van der Waals surface area contributed by atoms with Gasteiger partial charge in [-0.1, -0.05) is 0 Å². The van der Waals surface area contributed by atoms with Crippen molar-refractivity contribution in [2.75, 3.05) is 13.1 Å². The van der Waals surface area contributed by atoms with Gasteiger partial charge in [0.05, 0.1) is 5.52 Å². The Bertz CT molecular complexity index is 697. The topological polar surface area (TPSA) is 53.9 Å². The fourth-order valence-corrected chi connectivity index (χ4v) is 2.91. The molecule has 1 aliphatic heterocycles. The van der Waals surface area contributed by atoms with Crippen molar-refractivity contribution in [2.45, 2.75) is 32.7 Å². The lowest BCUT2D eigenvalue weighted by atomic mass is 10.1. The molecule has 0 unspecified atom stereocenters. The first-order valence-corrected chi connectivity index (χ1v) is 7.40. The summed E-state index contributed by atoms with van der Waals surface area (Å²) in [4.78, 5) is 21.9. The molecule has 20 heavy (non-hydrogen) atoms. The Morgan fingerprint density at radius 2 is 2.10 bits per heavy atom. The molecule has 0 aliphatic carbocycles. The fourth-order valence-electron chi connectivity index (χ4n) is 2.65. The van der Waals surface area contributed by atoms with Crippen molar-refractivity contribution in [3.05, 3.63) is 22.6 Å². The van der Waals surface area contributed by atoms with Crippen LogP contribution in [0.25, 0.3) is 11.2 Å². The van der Waals surface area contributed by atoms with Crippen LogP contribution in [0, 0.1) is 11.7 Å². The Labute approximate surface area is 122 Å². The number of hydrogen-bond acceptors (Lipinski definition) is 3. The van der Waals surface area contributed by atoms with E-state index in [-0.39, 0.29) is 12.5 Å². The number of carbonyl (C=O) groups excluding carboxylic acids is 1. The van der Waals surface area contributed by atoms with E-state index in [2.05, 4.69) is 9.97 Å². The number of carbonyl (C=O) groups is 1. The first-order valence-electron chi connectivity index (χ1n) is 6.99. The maximum atomic E-state index is 12.4. The van der Waals surface area contributed by atoms with E-state index in [4.69, 9.17) is 12.2 Å². The number of aromatic nitrogens is 3. The molecule has 0 atom stereocenters. The highest BCUT2D eigenvalue weighted by Crippen LogP contribution is 2.14. The molecule has 1 fully saturated rings. The number of hydrogen-bond donors (Lipinski definition) is 1. The first kappa shape index (κ1) is 13.3. The van der Waals surface area contributed by atoms with Gasteiger partial charge < -0.3 is 9.88 Å². The summed E-state index contributed by atoms with van der Waals surface area (Å²) in [7, 11) is 0. The predicted octanol–water partition coefficient (Wildman–Crippen LogP) is 2.41. The minimum Gasteiger partial charge on any atom is -0.341 e. The molecule has 3 rings (SSSR count). The third-order valence-corrected chi connectivity index (χ3v) is 4.08. The number of piperidine rings is 1. The zero-order valence-corrected chi connectivity index (χ0v) is 12.4. The summed E-state index contributed by atoms with van der Waals surface area (Å²) >= 11 is 5.31. The normalized spacial score (nSPS) is 15.8. The van der Waals surface area contributed by atoms with Gasteiger partial charge in [0.15, 0.2) is 10.4 Å². The third kappa shape index (κ3) is 2.47. The number of rotatable bonds is 2. The Balaban J connectivity index is 1.90. The van der Waals surface area contributed by atoms with Crippen LogP contribution in [-0.2, 0) is 11.3 Å². The number of aryl methyl sites for hydroxylation is 1. The number of fused-ring (bicyclic) bond motifs is 1. The van der Waals surface area contributed by atoms with Crippen LogP contribution >= 0.6 is 12.2 Å². The van der Waals surface area contributed by atoms with E-state index >= 15 is 0 Å². The molecule has 6 heteroatoms. The maximum Gasteiger partial charge on any atom is 0.242 e. The molecule has 0 bridgehead atoms. The Morgan fingerprint density at radius 3 is 2.85 bits per heavy atom. The average molecular weight is 290 g/mol. The molecule has 1 aliphatic rings. The third-order valence-electron chi connectivity index (χ3n) is 3.76. The Kier molecular flexibility index (Phi) is 3.56. The Morgan fingerprint density at radius 1 is 1.35 bits per heavy atom. The van der Waals surface area contributed by atoms with Crippen LogP contribution in [0.2, 0.25) is 0 Å². The number of amides is 1. The molecule has 0 radical (unpaired) electrons. The summed E-state index contributed by atoms with van der Waals surface area (Å²) in [6.07, 6.45) is 3.42. The summed E-state index contributed by atoms with van der Waals surface area (Å²) in [6.45, 7) is 3.93. The standard InChI is InChI=1S/C14H18N4OS/c1-10-5-6-11-13(15-10)18(14(20)16-11)9-12(19)17-7-3-2-4-8-17/h5-6H,2-4,7-9H2,1H3,(H,16,20). The van der Waals surface area contributed by atoms with Crippen molar-refractivity contribution in [3.8, 4) is 0 Å². The van der Waals surface area contributed by atoms with Gasteiger partial charge in [0, 0.05) is 18.8 Å². The summed E-state index contributed by atoms with van der Waals surface area (Å²) < 4.78 is 2.36. The molecule has 1 saturated heterocycles. The molecule has 1 amide bonds. The lowest BCUT2D eigenvalue weighted by Gasteiger charge is -2.26. The van der Waals surface area contributed by atoms with Gasteiger partial charge in [-0.25, -0.2) is 4.98 Å². The van der Waals surface area contributed by atoms with E-state index in [9.17, 15) is 4.79 Å². The smallest absolute Gasteiger partial charge is 0.242 e. The number of pyridine rings is 1. The van der Waals surface area contributed by atoms with Crippen LogP contribution < -0.4 is 0 Å². The van der Waals surface area contributed by atoms with E-state index in [0.717, 1.165) is 42.8 Å². The molecule has 5 nitrogen and oxygen atoms in total. The predicted molar refractivity (Wildman–Crippen MR) is 80.1 cm³/mol. The molecule has 0 spiro atoms. The molecule has 1 N–H and O–H groups in total. The minimum atomic E-state index is 0.130. The van der Waals surface area contributed by atoms with E-state index in [1.54, 1.807) is 4.57 Å². The second-order valence-electron chi connectivity index (χ2n) is 5.28. The van der Waals surface area contributed by atoms with Crippen LogP contribution in [0.5, 0.6) is 0 Å². The number of nitrogens with zero attached hydrogens (tertiary/aromatic N) is 3. The van der Waals surface area contributed by atoms with Gasteiger partial charge in [-0.05, 0) is 50.5 Å². The number of likely N-dealkylation sites (tertiary alicyclic amines) is 1. The lowest BCUT2D eigenvalue weighted by Crippen LogP contribution is -2.37. The average Bonchev–Trinajstić information content (AvgIpc) is 2.76. The monoisotopic (exact) mass is 290 g/mol. The van der Waals surface area contributed by atoms with Crippen molar-refractivity contribution in [1.29, 1.82) is 0 Å². The van der Waals surface area contributed by atoms with E-state index < -0.39 is 0 Å². The Hall–Kier alpha value is -1.69. The van der Waals surface area contributed by atoms with E-state index in [1.165, 1.54) is 6.42 Å². The molecular formula is C14H18N4OS. The van der Waals surface area contributed by atoms with Gasteiger partial charge in [-0.15, -0.1) is 0 Å². The number of nitrogens with one attached hydrogen (secondary N) is 1. The van der Waals surface area contributed by atoms with E-state index in [0.29, 0.717) is 4.77 Å². The van der Waals surface area contributed by atoms with Gasteiger partial charge in [0.2, 0.25) is 5.91 Å². The van der Waals surface area contributed by atoms with Crippen LogP contribution in [0.4, 0.5) is 0 Å². The summed E-state index contributed by atoms with van der Waals surface area (Å²) in [5.74, 6) is 0.130. The highest BCUT2D eigenvalue weighted by molar-refractivity contribution is 7.71. The molecule has 2 aromatic rings. The summed E-state index contributed by atoms with van der Waals surface area (Å²) in [5.41, 5.74) is 2.57. The summed E-state index contributed by atoms with van der Waals surface area (Å²) in [6, 6.07) is 3.89. The highest BCUT2D eigenvalue weighted by Gasteiger charge is 2.18. The van der Waals surface area contributed by atoms with Crippen LogP contribution in [0.15, 0.2) is 12.1 Å². The fraction of sp³-hybridized carbons (Fsp3) is 0.500. The second kappa shape index (κ2) is 5.36. The van der Waals surface area contributed by atoms with Gasteiger partial charge in [-0.2, -0.15) is 0 Å². The zero-order chi connectivity index (χ0) is 14.1. The molecule has 0 aromatic carbocycles. The van der Waals surface area contributed by atoms with Crippen molar-refractivity contribution < 1.29 is 4.79 Å². The van der Waals surface area contributed by atoms with E-state index in [1.807, 2.05) is 24.0 Å². The van der Waals surface area contributed by atoms with Gasteiger partial charge in [-0.3, -0.25) is 9.36 Å². The molecule has 0 saturated carbocycles. The number of aromatic amines is 1. The molecule has 106 valence electrons. The zero-order valence-electron chi connectivity index (χ0n) is 11.6. The molecule has 2 aromatic heterocycles. The van der Waals surface area contributed by atoms with Gasteiger partial charge in [0.25, 0.3) is 0 Å². The van der Waals surface area contributed by atoms with Crippen molar-refractivity contribution in [3.63, 3.8) is 0 Å². The summed E-state index contributed by atoms with van der Waals surface area (Å²) in [5, 5.41) is 0. The van der Waals surface area contributed by atoms with Crippen LogP contribution in [0.1, 0.15) is 25.0 Å². The maximum absolute atomic E-state index is 12.4. The van der Waals surface area contributed by atoms with Gasteiger partial charge in [0.1, 0.15) is 6.54 Å². The van der Waals surface area contributed by atoms with Crippen molar-refractivity contribution >= 4 is 29.3 Å². The number of imidazole rings is 1. The quantitative estimate of drug-likeness (QED) is 0.864. The molecular weight excluding hydrogens is 272 g/mol. The van der Waals surface area contributed by atoms with Crippen molar-refractivity contribution in [2.24, 2.45) is 0 Å². The lowest BCUT2D eigenvalue weighted by molar-refractivity contribution is -0.132. The first-order chi connectivity index (χ1) is 9.65. The molecule has 3 heterocycles. The second-order valence-corrected chi connectivity index (χ2v) is 5.67. The highest BCUT2D eigenvalue weighted by atomic mass is 32.1. The van der Waals surface area contributed by atoms with Crippen molar-refractivity contribution in [1.82, 2.24) is 19.4 Å². The largest absolute Gasteiger partial charge is 0.341 e. The van der Waals surface area contributed by atoms with Crippen LogP contribution in [0.3, 0.4) is 0 Å². The SMILES string of the molecule is Cc1ccc2[nH]c(=S)n(CC(=O)N3CCCCC3)c2n1. The number of H-pyrrole nitrogens is 1.